The zero-order valence-electron chi connectivity index (χ0n) is 13.1. The molecule has 0 saturated heterocycles. The summed E-state index contributed by atoms with van der Waals surface area (Å²) in [6.07, 6.45) is 0.826. The van der Waals surface area contributed by atoms with Crippen LogP contribution < -0.4 is 10.1 Å². The third-order valence-corrected chi connectivity index (χ3v) is 5.30. The maximum Gasteiger partial charge on any atom is 0.261 e. The topological polar surface area (TPSA) is 38.3 Å². The summed E-state index contributed by atoms with van der Waals surface area (Å²) in [6.45, 7) is 1.19. The molecule has 0 spiro atoms. The van der Waals surface area contributed by atoms with Gasteiger partial charge in [0.05, 0.1) is 11.5 Å². The van der Waals surface area contributed by atoms with Crippen LogP contribution in [0, 0.1) is 0 Å². The number of rotatable bonds is 3. The number of carbonyl (C=O) groups is 1. The van der Waals surface area contributed by atoms with Gasteiger partial charge >= 0.3 is 0 Å². The van der Waals surface area contributed by atoms with E-state index < -0.39 is 0 Å². The zero-order chi connectivity index (χ0) is 16.4. The van der Waals surface area contributed by atoms with Crippen LogP contribution >= 0.6 is 11.3 Å². The smallest absolute Gasteiger partial charge is 0.261 e. The molecule has 3 nitrogen and oxygen atoms in total. The summed E-state index contributed by atoms with van der Waals surface area (Å²) in [7, 11) is 0. The Morgan fingerprint density at radius 2 is 1.88 bits per heavy atom. The standard InChI is InChI=1S/C20H17NO2S/c22-20(21-13-14-6-2-1-3-7-14)18-12-15-10-11-23-17-9-5-4-8-16(17)19(15)24-18/h1-9,12H,10-11,13H2,(H,21,22). The summed E-state index contributed by atoms with van der Waals surface area (Å²) in [6, 6.07) is 20.0. The summed E-state index contributed by atoms with van der Waals surface area (Å²) in [5.41, 5.74) is 3.37. The van der Waals surface area contributed by atoms with Gasteiger partial charge in [-0.15, -0.1) is 11.3 Å². The molecule has 2 heterocycles. The van der Waals surface area contributed by atoms with Crippen molar-refractivity contribution in [1.29, 1.82) is 0 Å². The van der Waals surface area contributed by atoms with Crippen LogP contribution in [-0.4, -0.2) is 12.5 Å². The first-order valence-electron chi connectivity index (χ1n) is 7.98. The van der Waals surface area contributed by atoms with Crippen LogP contribution in [0.2, 0.25) is 0 Å². The van der Waals surface area contributed by atoms with Gasteiger partial charge in [0.2, 0.25) is 0 Å². The fourth-order valence-electron chi connectivity index (χ4n) is 2.87. The third-order valence-electron chi connectivity index (χ3n) is 4.09. The van der Waals surface area contributed by atoms with Crippen molar-refractivity contribution in [2.45, 2.75) is 13.0 Å². The Morgan fingerprint density at radius 3 is 2.75 bits per heavy atom. The maximum absolute atomic E-state index is 12.5. The molecule has 0 unspecified atom stereocenters. The van der Waals surface area contributed by atoms with Gasteiger partial charge in [-0.05, 0) is 29.3 Å². The highest BCUT2D eigenvalue weighted by Gasteiger charge is 2.20. The molecular weight excluding hydrogens is 318 g/mol. The van der Waals surface area contributed by atoms with Crippen molar-refractivity contribution in [2.75, 3.05) is 6.61 Å². The second-order valence-electron chi connectivity index (χ2n) is 5.73. The van der Waals surface area contributed by atoms with Gasteiger partial charge in [0.1, 0.15) is 5.75 Å². The maximum atomic E-state index is 12.5. The van der Waals surface area contributed by atoms with E-state index in [0.717, 1.165) is 33.1 Å². The fourth-order valence-corrected chi connectivity index (χ4v) is 4.03. The molecule has 24 heavy (non-hydrogen) atoms. The van der Waals surface area contributed by atoms with Crippen molar-refractivity contribution in [1.82, 2.24) is 5.32 Å². The summed E-state index contributed by atoms with van der Waals surface area (Å²) in [5.74, 6) is 0.879. The lowest BCUT2D eigenvalue weighted by Crippen LogP contribution is -2.21. The first kappa shape index (κ1) is 15.0. The molecule has 1 aliphatic rings. The van der Waals surface area contributed by atoms with Crippen LogP contribution in [-0.2, 0) is 13.0 Å². The van der Waals surface area contributed by atoms with Gasteiger partial charge in [0, 0.05) is 23.4 Å². The van der Waals surface area contributed by atoms with E-state index in [0.29, 0.717) is 13.2 Å². The van der Waals surface area contributed by atoms with E-state index >= 15 is 0 Å². The second-order valence-corrected chi connectivity index (χ2v) is 6.78. The number of fused-ring (bicyclic) bond motifs is 3. The Kier molecular flexibility index (Phi) is 4.05. The lowest BCUT2D eigenvalue weighted by Gasteiger charge is -2.06. The highest BCUT2D eigenvalue weighted by Crippen LogP contribution is 2.40. The van der Waals surface area contributed by atoms with E-state index in [4.69, 9.17) is 4.74 Å². The average molecular weight is 335 g/mol. The quantitative estimate of drug-likeness (QED) is 0.776. The van der Waals surface area contributed by atoms with Crippen molar-refractivity contribution in [3.8, 4) is 16.2 Å². The van der Waals surface area contributed by atoms with Gasteiger partial charge in [-0.25, -0.2) is 0 Å². The van der Waals surface area contributed by atoms with Crippen LogP contribution in [0.3, 0.4) is 0 Å². The Labute approximate surface area is 144 Å². The molecule has 0 radical (unpaired) electrons. The second kappa shape index (κ2) is 6.49. The number of ether oxygens (including phenoxy) is 1. The van der Waals surface area contributed by atoms with Gasteiger partial charge in [-0.1, -0.05) is 42.5 Å². The van der Waals surface area contributed by atoms with Crippen molar-refractivity contribution in [2.24, 2.45) is 0 Å². The minimum atomic E-state index is -0.0182. The number of thiophene rings is 1. The van der Waals surface area contributed by atoms with E-state index in [1.165, 1.54) is 5.56 Å². The van der Waals surface area contributed by atoms with E-state index in [9.17, 15) is 4.79 Å². The number of carbonyl (C=O) groups excluding carboxylic acids is 1. The number of para-hydroxylation sites is 1. The van der Waals surface area contributed by atoms with Gasteiger partial charge in [-0.3, -0.25) is 4.79 Å². The lowest BCUT2D eigenvalue weighted by atomic mass is 10.1. The molecule has 1 N–H and O–H groups in total. The molecule has 0 bridgehead atoms. The largest absolute Gasteiger partial charge is 0.493 e. The number of benzene rings is 2. The van der Waals surface area contributed by atoms with E-state index in [2.05, 4.69) is 11.4 Å². The van der Waals surface area contributed by atoms with E-state index in [1.807, 2.05) is 54.6 Å². The first-order valence-corrected chi connectivity index (χ1v) is 8.80. The Bertz CT molecular complexity index is 870. The minimum absolute atomic E-state index is 0.0182. The first-order chi connectivity index (χ1) is 11.8. The third kappa shape index (κ3) is 2.93. The molecular formula is C20H17NO2S. The highest BCUT2D eigenvalue weighted by molar-refractivity contribution is 7.17. The fraction of sp³-hybridized carbons (Fsp3) is 0.150. The molecule has 0 aliphatic carbocycles. The van der Waals surface area contributed by atoms with Gasteiger partial charge in [-0.2, -0.15) is 0 Å². The molecule has 0 saturated carbocycles. The molecule has 4 rings (SSSR count). The van der Waals surface area contributed by atoms with Crippen LogP contribution in [0.1, 0.15) is 20.8 Å². The predicted octanol–water partition coefficient (Wildman–Crippen LogP) is 4.28. The number of nitrogens with one attached hydrogen (secondary N) is 1. The van der Waals surface area contributed by atoms with Crippen molar-refractivity contribution in [3.05, 3.63) is 76.7 Å². The van der Waals surface area contributed by atoms with Gasteiger partial charge in [0.25, 0.3) is 5.91 Å². The SMILES string of the molecule is O=C(NCc1ccccc1)c1cc2c(s1)-c1ccccc1OCC2. The molecule has 0 fully saturated rings. The number of hydrogen-bond donors (Lipinski definition) is 1. The van der Waals surface area contributed by atoms with Crippen molar-refractivity contribution < 1.29 is 9.53 Å². The predicted molar refractivity (Wildman–Crippen MR) is 96.6 cm³/mol. The lowest BCUT2D eigenvalue weighted by molar-refractivity contribution is 0.0955. The molecule has 0 atom stereocenters. The molecule has 4 heteroatoms. The van der Waals surface area contributed by atoms with E-state index in [1.54, 1.807) is 11.3 Å². The molecule has 1 amide bonds. The van der Waals surface area contributed by atoms with Gasteiger partial charge < -0.3 is 10.1 Å². The summed E-state index contributed by atoms with van der Waals surface area (Å²) < 4.78 is 5.80. The monoisotopic (exact) mass is 335 g/mol. The Hall–Kier alpha value is -2.59. The van der Waals surface area contributed by atoms with Crippen LogP contribution in [0.25, 0.3) is 10.4 Å². The van der Waals surface area contributed by atoms with Crippen molar-refractivity contribution in [3.63, 3.8) is 0 Å². The Balaban J connectivity index is 1.58. The van der Waals surface area contributed by atoms with Crippen LogP contribution in [0.4, 0.5) is 0 Å². The highest BCUT2D eigenvalue weighted by atomic mass is 32.1. The minimum Gasteiger partial charge on any atom is -0.493 e. The summed E-state index contributed by atoms with van der Waals surface area (Å²) >= 11 is 1.54. The average Bonchev–Trinajstić information content (AvgIpc) is 2.97. The van der Waals surface area contributed by atoms with E-state index in [-0.39, 0.29) is 5.91 Å². The molecule has 120 valence electrons. The molecule has 2 aromatic carbocycles. The zero-order valence-corrected chi connectivity index (χ0v) is 13.9. The van der Waals surface area contributed by atoms with Crippen LogP contribution in [0.5, 0.6) is 5.75 Å². The molecule has 3 aromatic rings. The molecule has 1 aromatic heterocycles. The number of amides is 1. The van der Waals surface area contributed by atoms with Crippen molar-refractivity contribution >= 4 is 17.2 Å². The summed E-state index contributed by atoms with van der Waals surface area (Å²) in [5, 5.41) is 3.00. The Morgan fingerprint density at radius 1 is 1.08 bits per heavy atom. The van der Waals surface area contributed by atoms with Crippen LogP contribution in [0.15, 0.2) is 60.7 Å². The summed E-state index contributed by atoms with van der Waals surface area (Å²) in [4.78, 5) is 14.4. The number of hydrogen-bond acceptors (Lipinski definition) is 3. The van der Waals surface area contributed by atoms with Gasteiger partial charge in [0.15, 0.2) is 0 Å². The molecule has 1 aliphatic heterocycles. The normalized spacial score (nSPS) is 12.5.